The minimum atomic E-state index is -1.33. The zero-order valence-electron chi connectivity index (χ0n) is 17.0. The van der Waals surface area contributed by atoms with Crippen molar-refractivity contribution in [2.24, 2.45) is 0 Å². The Morgan fingerprint density at radius 2 is 1.80 bits per heavy atom. The molecule has 158 valence electrons. The van der Waals surface area contributed by atoms with Crippen LogP contribution in [-0.2, 0) is 15.1 Å². The highest BCUT2D eigenvalue weighted by atomic mass is 19.1. The molecule has 1 fully saturated rings. The number of anilines is 1. The Labute approximate surface area is 174 Å². The van der Waals surface area contributed by atoms with E-state index in [4.69, 9.17) is 0 Å². The van der Waals surface area contributed by atoms with Crippen molar-refractivity contribution in [3.63, 3.8) is 0 Å². The summed E-state index contributed by atoms with van der Waals surface area (Å²) < 4.78 is 13.2. The van der Waals surface area contributed by atoms with Crippen LogP contribution in [0.2, 0.25) is 0 Å². The number of amides is 4. The van der Waals surface area contributed by atoms with Gasteiger partial charge in [-0.15, -0.1) is 0 Å². The van der Waals surface area contributed by atoms with Crippen LogP contribution >= 0.6 is 0 Å². The lowest BCUT2D eigenvalue weighted by molar-refractivity contribution is -0.134. The van der Waals surface area contributed by atoms with Gasteiger partial charge in [0.25, 0.3) is 5.91 Å². The number of nitrogens with one attached hydrogen (secondary N) is 2. The zero-order valence-corrected chi connectivity index (χ0v) is 17.0. The van der Waals surface area contributed by atoms with E-state index in [1.165, 1.54) is 31.2 Å². The van der Waals surface area contributed by atoms with E-state index in [1.54, 1.807) is 0 Å². The normalized spacial score (nSPS) is 18.3. The molecule has 1 saturated heterocycles. The van der Waals surface area contributed by atoms with Gasteiger partial charge in [0.15, 0.2) is 0 Å². The molecule has 8 heteroatoms. The molecule has 1 heterocycles. The van der Waals surface area contributed by atoms with Gasteiger partial charge in [0.2, 0.25) is 5.91 Å². The molecule has 4 amide bonds. The maximum absolute atomic E-state index is 13.2. The Kier molecular flexibility index (Phi) is 6.34. The van der Waals surface area contributed by atoms with Crippen molar-refractivity contribution >= 4 is 23.5 Å². The topological polar surface area (TPSA) is 81.8 Å². The zero-order chi connectivity index (χ0) is 21.7. The van der Waals surface area contributed by atoms with Gasteiger partial charge in [-0.3, -0.25) is 14.5 Å². The third-order valence-corrected chi connectivity index (χ3v) is 5.19. The predicted octanol–water partition coefficient (Wildman–Crippen LogP) is 2.24. The Balaban J connectivity index is 1.49. The molecule has 2 aromatic carbocycles. The van der Waals surface area contributed by atoms with Crippen molar-refractivity contribution in [2.45, 2.75) is 18.9 Å². The summed E-state index contributed by atoms with van der Waals surface area (Å²) in [6.07, 6.45) is 0.713. The second kappa shape index (κ2) is 8.94. The molecule has 1 unspecified atom stereocenters. The standard InChI is InChI=1S/C22H25FN4O3/c1-22(16-9-11-17(23)12-10-16)20(29)27(21(30)25-22)15-19(28)24-13-6-14-26(2)18-7-4-3-5-8-18/h3-5,7-12H,6,13-15H2,1-2H3,(H,24,28)(H,25,30). The highest BCUT2D eigenvalue weighted by Gasteiger charge is 2.49. The van der Waals surface area contributed by atoms with E-state index in [9.17, 15) is 18.8 Å². The van der Waals surface area contributed by atoms with Crippen LogP contribution in [0.1, 0.15) is 18.9 Å². The minimum Gasteiger partial charge on any atom is -0.375 e. The number of para-hydroxylation sites is 1. The van der Waals surface area contributed by atoms with Crippen molar-refractivity contribution in [2.75, 3.05) is 31.6 Å². The maximum atomic E-state index is 13.2. The van der Waals surface area contributed by atoms with E-state index in [0.29, 0.717) is 18.5 Å². The van der Waals surface area contributed by atoms with E-state index < -0.39 is 29.2 Å². The smallest absolute Gasteiger partial charge is 0.325 e. The largest absolute Gasteiger partial charge is 0.375 e. The second-order valence-corrected chi connectivity index (χ2v) is 7.41. The first-order valence-corrected chi connectivity index (χ1v) is 9.74. The van der Waals surface area contributed by atoms with E-state index in [0.717, 1.165) is 17.1 Å². The first-order valence-electron chi connectivity index (χ1n) is 9.74. The first kappa shape index (κ1) is 21.3. The number of nitrogens with zero attached hydrogens (tertiary/aromatic N) is 2. The highest BCUT2D eigenvalue weighted by molar-refractivity contribution is 6.09. The molecule has 0 aliphatic carbocycles. The summed E-state index contributed by atoms with van der Waals surface area (Å²) in [7, 11) is 1.97. The number of imide groups is 1. The lowest BCUT2D eigenvalue weighted by atomic mass is 9.92. The van der Waals surface area contributed by atoms with Gasteiger partial charge in [-0.25, -0.2) is 9.18 Å². The highest BCUT2D eigenvalue weighted by Crippen LogP contribution is 2.28. The van der Waals surface area contributed by atoms with E-state index in [-0.39, 0.29) is 6.54 Å². The Morgan fingerprint density at radius 1 is 1.13 bits per heavy atom. The molecule has 0 saturated carbocycles. The molecule has 1 atom stereocenters. The summed E-state index contributed by atoms with van der Waals surface area (Å²) in [6, 6.07) is 14.6. The molecular formula is C22H25FN4O3. The molecule has 2 N–H and O–H groups in total. The summed E-state index contributed by atoms with van der Waals surface area (Å²) in [6.45, 7) is 2.35. The molecule has 0 radical (unpaired) electrons. The van der Waals surface area contributed by atoms with Crippen LogP contribution in [-0.4, -0.2) is 49.4 Å². The van der Waals surface area contributed by atoms with Crippen LogP contribution in [0.3, 0.4) is 0 Å². The SMILES string of the molecule is CN(CCCNC(=O)CN1C(=O)NC(C)(c2ccc(F)cc2)C1=O)c1ccccc1. The lowest BCUT2D eigenvalue weighted by Crippen LogP contribution is -2.43. The molecule has 3 rings (SSSR count). The van der Waals surface area contributed by atoms with Crippen LogP contribution in [0.5, 0.6) is 0 Å². The third kappa shape index (κ3) is 4.59. The lowest BCUT2D eigenvalue weighted by Gasteiger charge is -2.22. The molecule has 30 heavy (non-hydrogen) atoms. The van der Waals surface area contributed by atoms with Gasteiger partial charge in [-0.1, -0.05) is 30.3 Å². The quantitative estimate of drug-likeness (QED) is 0.515. The fourth-order valence-corrected chi connectivity index (χ4v) is 3.37. The molecule has 1 aliphatic rings. The first-order chi connectivity index (χ1) is 14.3. The third-order valence-electron chi connectivity index (χ3n) is 5.19. The summed E-state index contributed by atoms with van der Waals surface area (Å²) in [5.74, 6) is -1.39. The van der Waals surface area contributed by atoms with Gasteiger partial charge in [-0.05, 0) is 43.2 Å². The van der Waals surface area contributed by atoms with E-state index >= 15 is 0 Å². The summed E-state index contributed by atoms with van der Waals surface area (Å²) >= 11 is 0. The summed E-state index contributed by atoms with van der Waals surface area (Å²) in [5, 5.41) is 5.34. The fraction of sp³-hybridized carbons (Fsp3) is 0.318. The van der Waals surface area contributed by atoms with E-state index in [2.05, 4.69) is 15.5 Å². The van der Waals surface area contributed by atoms with Crippen LogP contribution in [0.4, 0.5) is 14.9 Å². The predicted molar refractivity (Wildman–Crippen MR) is 111 cm³/mol. The maximum Gasteiger partial charge on any atom is 0.325 e. The van der Waals surface area contributed by atoms with Gasteiger partial charge in [-0.2, -0.15) is 0 Å². The fourth-order valence-electron chi connectivity index (χ4n) is 3.37. The van der Waals surface area contributed by atoms with Crippen molar-refractivity contribution in [3.05, 3.63) is 66.0 Å². The summed E-state index contributed by atoms with van der Waals surface area (Å²) in [4.78, 5) is 40.3. The number of carbonyl (C=O) groups is 3. The second-order valence-electron chi connectivity index (χ2n) is 7.41. The van der Waals surface area contributed by atoms with Crippen molar-refractivity contribution < 1.29 is 18.8 Å². The molecule has 2 aromatic rings. The van der Waals surface area contributed by atoms with Gasteiger partial charge < -0.3 is 15.5 Å². The number of benzene rings is 2. The molecule has 1 aliphatic heterocycles. The molecule has 0 aromatic heterocycles. The monoisotopic (exact) mass is 412 g/mol. The van der Waals surface area contributed by atoms with Crippen LogP contribution in [0.25, 0.3) is 0 Å². The van der Waals surface area contributed by atoms with E-state index in [1.807, 2.05) is 37.4 Å². The van der Waals surface area contributed by atoms with Gasteiger partial charge in [0.1, 0.15) is 17.9 Å². The number of halogens is 1. The molecule has 7 nitrogen and oxygen atoms in total. The average Bonchev–Trinajstić information content (AvgIpc) is 2.96. The number of carbonyl (C=O) groups excluding carboxylic acids is 3. The number of hydrogen-bond acceptors (Lipinski definition) is 4. The van der Waals surface area contributed by atoms with Crippen LogP contribution in [0, 0.1) is 5.82 Å². The minimum absolute atomic E-state index is 0.365. The summed E-state index contributed by atoms with van der Waals surface area (Å²) in [5.41, 5.74) is 0.209. The number of urea groups is 1. The molecule has 0 spiro atoms. The Hall–Kier alpha value is -3.42. The van der Waals surface area contributed by atoms with Crippen molar-refractivity contribution in [1.82, 2.24) is 15.5 Å². The Bertz CT molecular complexity index is 920. The van der Waals surface area contributed by atoms with Gasteiger partial charge in [0, 0.05) is 25.8 Å². The molecular weight excluding hydrogens is 387 g/mol. The average molecular weight is 412 g/mol. The Morgan fingerprint density at radius 3 is 2.47 bits per heavy atom. The van der Waals surface area contributed by atoms with Crippen LogP contribution < -0.4 is 15.5 Å². The molecule has 0 bridgehead atoms. The van der Waals surface area contributed by atoms with Crippen LogP contribution in [0.15, 0.2) is 54.6 Å². The number of hydrogen-bond donors (Lipinski definition) is 2. The van der Waals surface area contributed by atoms with Gasteiger partial charge >= 0.3 is 6.03 Å². The van der Waals surface area contributed by atoms with Crippen molar-refractivity contribution in [1.29, 1.82) is 0 Å². The number of rotatable bonds is 8. The van der Waals surface area contributed by atoms with Crippen molar-refractivity contribution in [3.8, 4) is 0 Å². The van der Waals surface area contributed by atoms with Gasteiger partial charge in [0.05, 0.1) is 0 Å².